The van der Waals surface area contributed by atoms with Crippen molar-refractivity contribution < 1.29 is 0 Å². The van der Waals surface area contributed by atoms with Crippen LogP contribution in [0.1, 0.15) is 27.8 Å². The quantitative estimate of drug-likeness (QED) is 0.465. The fraction of sp³-hybridized carbons (Fsp3) is 0.174. The van der Waals surface area contributed by atoms with Gasteiger partial charge in [0.15, 0.2) is 0 Å². The molecule has 4 rings (SSSR count). The van der Waals surface area contributed by atoms with Gasteiger partial charge in [-0.15, -0.1) is 0 Å². The second-order valence-corrected chi connectivity index (χ2v) is 7.81. The number of anilines is 1. The Morgan fingerprint density at radius 2 is 1.54 bits per heavy atom. The Bertz CT molecular complexity index is 943. The standard InChI is InChI=1S/C23H21BrN2/c1-16-10-19-14-26(15-20(19)11-17(16)2)23-8-6-18(7-9-23)13-25-22-5-3-4-21(24)12-22/h3-13H,14-15H2,1-2H3. The molecule has 1 aliphatic heterocycles. The van der Waals surface area contributed by atoms with E-state index in [0.29, 0.717) is 0 Å². The van der Waals surface area contributed by atoms with Gasteiger partial charge in [-0.2, -0.15) is 0 Å². The topological polar surface area (TPSA) is 15.6 Å². The molecule has 0 saturated heterocycles. The molecule has 130 valence electrons. The van der Waals surface area contributed by atoms with Gasteiger partial charge in [0.2, 0.25) is 0 Å². The maximum Gasteiger partial charge on any atom is 0.0641 e. The summed E-state index contributed by atoms with van der Waals surface area (Å²) in [6.07, 6.45) is 1.91. The van der Waals surface area contributed by atoms with Crippen LogP contribution in [0.2, 0.25) is 0 Å². The third kappa shape index (κ3) is 3.58. The first-order valence-electron chi connectivity index (χ1n) is 8.82. The molecule has 0 bridgehead atoms. The third-order valence-corrected chi connectivity index (χ3v) is 5.46. The number of halogens is 1. The maximum absolute atomic E-state index is 4.55. The largest absolute Gasteiger partial charge is 0.363 e. The van der Waals surface area contributed by atoms with E-state index in [9.17, 15) is 0 Å². The number of hydrogen-bond donors (Lipinski definition) is 0. The molecule has 0 saturated carbocycles. The number of aliphatic imine (C=N–C) groups is 1. The molecule has 1 aliphatic rings. The van der Waals surface area contributed by atoms with Gasteiger partial charge in [-0.1, -0.05) is 46.3 Å². The maximum atomic E-state index is 4.55. The first kappa shape index (κ1) is 17.0. The predicted molar refractivity (Wildman–Crippen MR) is 114 cm³/mol. The molecule has 26 heavy (non-hydrogen) atoms. The summed E-state index contributed by atoms with van der Waals surface area (Å²) in [7, 11) is 0. The van der Waals surface area contributed by atoms with E-state index in [1.807, 2.05) is 30.5 Å². The molecular formula is C23H21BrN2. The zero-order valence-corrected chi connectivity index (χ0v) is 16.6. The van der Waals surface area contributed by atoms with Crippen molar-refractivity contribution in [2.75, 3.05) is 4.90 Å². The van der Waals surface area contributed by atoms with Crippen molar-refractivity contribution in [3.63, 3.8) is 0 Å². The van der Waals surface area contributed by atoms with Crippen molar-refractivity contribution in [2.24, 2.45) is 4.99 Å². The minimum Gasteiger partial charge on any atom is -0.363 e. The average molecular weight is 405 g/mol. The predicted octanol–water partition coefficient (Wildman–Crippen LogP) is 6.34. The number of benzene rings is 3. The summed E-state index contributed by atoms with van der Waals surface area (Å²) in [5, 5.41) is 0. The van der Waals surface area contributed by atoms with Gasteiger partial charge in [0.1, 0.15) is 0 Å². The molecule has 0 unspecified atom stereocenters. The minimum atomic E-state index is 0.948. The van der Waals surface area contributed by atoms with Gasteiger partial charge in [0, 0.05) is 29.5 Å². The molecule has 2 nitrogen and oxygen atoms in total. The van der Waals surface area contributed by atoms with Gasteiger partial charge in [0.25, 0.3) is 0 Å². The fourth-order valence-corrected chi connectivity index (χ4v) is 3.74. The molecule has 0 fully saturated rings. The number of hydrogen-bond acceptors (Lipinski definition) is 2. The summed E-state index contributed by atoms with van der Waals surface area (Å²) in [5.41, 5.74) is 8.98. The number of fused-ring (bicyclic) bond motifs is 1. The Labute approximate surface area is 163 Å². The van der Waals surface area contributed by atoms with Gasteiger partial charge in [-0.25, -0.2) is 0 Å². The van der Waals surface area contributed by atoms with Crippen LogP contribution in [0.4, 0.5) is 11.4 Å². The fourth-order valence-electron chi connectivity index (χ4n) is 3.36. The monoisotopic (exact) mass is 404 g/mol. The first-order valence-corrected chi connectivity index (χ1v) is 9.61. The lowest BCUT2D eigenvalue weighted by atomic mass is 10.0. The van der Waals surface area contributed by atoms with Gasteiger partial charge in [-0.05, 0) is 72.0 Å². The van der Waals surface area contributed by atoms with E-state index in [-0.39, 0.29) is 0 Å². The van der Waals surface area contributed by atoms with E-state index in [1.165, 1.54) is 27.9 Å². The summed E-state index contributed by atoms with van der Waals surface area (Å²) in [5.74, 6) is 0. The molecule has 1 heterocycles. The first-order chi connectivity index (χ1) is 12.6. The van der Waals surface area contributed by atoms with E-state index in [4.69, 9.17) is 0 Å². The molecule has 0 aromatic heterocycles. The second-order valence-electron chi connectivity index (χ2n) is 6.89. The average Bonchev–Trinajstić information content (AvgIpc) is 3.03. The Hall–Kier alpha value is -2.39. The van der Waals surface area contributed by atoms with Crippen LogP contribution in [0.15, 0.2) is 70.1 Å². The lowest BCUT2D eigenvalue weighted by Gasteiger charge is -2.17. The van der Waals surface area contributed by atoms with Crippen molar-refractivity contribution >= 4 is 33.5 Å². The van der Waals surface area contributed by atoms with Crippen molar-refractivity contribution in [2.45, 2.75) is 26.9 Å². The van der Waals surface area contributed by atoms with Crippen LogP contribution in [-0.2, 0) is 13.1 Å². The van der Waals surface area contributed by atoms with Crippen LogP contribution in [0.3, 0.4) is 0 Å². The van der Waals surface area contributed by atoms with Crippen molar-refractivity contribution in [1.82, 2.24) is 0 Å². The molecule has 3 heteroatoms. The molecule has 3 aromatic carbocycles. The Balaban J connectivity index is 1.48. The normalized spacial score (nSPS) is 13.4. The summed E-state index contributed by atoms with van der Waals surface area (Å²) in [4.78, 5) is 6.98. The zero-order chi connectivity index (χ0) is 18.1. The van der Waals surface area contributed by atoms with Gasteiger partial charge in [-0.3, -0.25) is 4.99 Å². The molecule has 0 atom stereocenters. The number of rotatable bonds is 3. The smallest absolute Gasteiger partial charge is 0.0641 e. The van der Waals surface area contributed by atoms with Gasteiger partial charge in [0.05, 0.1) is 5.69 Å². The lowest BCUT2D eigenvalue weighted by Crippen LogP contribution is -2.14. The summed E-state index contributed by atoms with van der Waals surface area (Å²) in [6, 6.07) is 21.3. The third-order valence-electron chi connectivity index (χ3n) is 4.97. The number of aryl methyl sites for hydroxylation is 2. The summed E-state index contributed by atoms with van der Waals surface area (Å²) < 4.78 is 1.04. The summed E-state index contributed by atoms with van der Waals surface area (Å²) in [6.45, 7) is 6.36. The lowest BCUT2D eigenvalue weighted by molar-refractivity contribution is 0.880. The highest BCUT2D eigenvalue weighted by atomic mass is 79.9. The van der Waals surface area contributed by atoms with E-state index in [0.717, 1.165) is 28.8 Å². The number of nitrogens with zero attached hydrogens (tertiary/aromatic N) is 2. The molecule has 3 aromatic rings. The van der Waals surface area contributed by atoms with E-state index < -0.39 is 0 Å². The van der Waals surface area contributed by atoms with Crippen molar-refractivity contribution in [3.8, 4) is 0 Å². The molecule has 0 radical (unpaired) electrons. The highest BCUT2D eigenvalue weighted by molar-refractivity contribution is 9.10. The van der Waals surface area contributed by atoms with Crippen molar-refractivity contribution in [3.05, 3.63) is 93.0 Å². The van der Waals surface area contributed by atoms with Gasteiger partial charge < -0.3 is 4.90 Å². The Kier molecular flexibility index (Phi) is 4.64. The van der Waals surface area contributed by atoms with Gasteiger partial charge >= 0.3 is 0 Å². The Morgan fingerprint density at radius 3 is 2.15 bits per heavy atom. The molecular weight excluding hydrogens is 384 g/mol. The van der Waals surface area contributed by atoms with Crippen LogP contribution in [0.5, 0.6) is 0 Å². The van der Waals surface area contributed by atoms with E-state index in [2.05, 4.69) is 76.1 Å². The van der Waals surface area contributed by atoms with Crippen LogP contribution >= 0.6 is 15.9 Å². The molecule has 0 amide bonds. The molecule has 0 aliphatic carbocycles. The van der Waals surface area contributed by atoms with Crippen LogP contribution in [-0.4, -0.2) is 6.21 Å². The molecule has 0 N–H and O–H groups in total. The van der Waals surface area contributed by atoms with Crippen LogP contribution in [0.25, 0.3) is 0 Å². The molecule has 0 spiro atoms. The highest BCUT2D eigenvalue weighted by Crippen LogP contribution is 2.30. The van der Waals surface area contributed by atoms with Crippen LogP contribution < -0.4 is 4.90 Å². The minimum absolute atomic E-state index is 0.948. The SMILES string of the molecule is Cc1cc2c(cc1C)CN(c1ccc(C=Nc3cccc(Br)c3)cc1)C2. The summed E-state index contributed by atoms with van der Waals surface area (Å²) >= 11 is 3.48. The van der Waals surface area contributed by atoms with Crippen LogP contribution in [0, 0.1) is 13.8 Å². The second kappa shape index (κ2) is 7.08. The van der Waals surface area contributed by atoms with E-state index in [1.54, 1.807) is 0 Å². The Morgan fingerprint density at radius 1 is 0.885 bits per heavy atom. The van der Waals surface area contributed by atoms with Crippen molar-refractivity contribution in [1.29, 1.82) is 0 Å². The highest BCUT2D eigenvalue weighted by Gasteiger charge is 2.19. The zero-order valence-electron chi connectivity index (χ0n) is 15.0. The van der Waals surface area contributed by atoms with E-state index >= 15 is 0 Å².